The fourth-order valence-electron chi connectivity index (χ4n) is 2.50. The molecule has 5 heteroatoms. The summed E-state index contributed by atoms with van der Waals surface area (Å²) in [5.74, 6) is -0.469. The van der Waals surface area contributed by atoms with Gasteiger partial charge in [0, 0.05) is 17.2 Å². The van der Waals surface area contributed by atoms with Crippen LogP contribution in [0.1, 0.15) is 22.8 Å². The summed E-state index contributed by atoms with van der Waals surface area (Å²) >= 11 is 0. The normalized spacial score (nSPS) is 11.5. The highest BCUT2D eigenvalue weighted by molar-refractivity contribution is 6.08. The van der Waals surface area contributed by atoms with Gasteiger partial charge in [0.1, 0.15) is 11.5 Å². The second-order valence-corrected chi connectivity index (χ2v) is 5.37. The lowest BCUT2D eigenvalue weighted by Crippen LogP contribution is -2.19. The smallest absolute Gasteiger partial charge is 0.272 e. The van der Waals surface area contributed by atoms with Crippen LogP contribution in [0.4, 0.5) is 0 Å². The van der Waals surface area contributed by atoms with Gasteiger partial charge in [-0.1, -0.05) is 36.4 Å². The Morgan fingerprint density at radius 3 is 2.50 bits per heavy atom. The van der Waals surface area contributed by atoms with Crippen molar-refractivity contribution < 1.29 is 15.0 Å². The molecule has 0 atom stereocenters. The highest BCUT2D eigenvalue weighted by Crippen LogP contribution is 2.23. The van der Waals surface area contributed by atoms with Crippen LogP contribution in [0.3, 0.4) is 0 Å². The zero-order valence-corrected chi connectivity index (χ0v) is 13.0. The van der Waals surface area contributed by atoms with Crippen LogP contribution in [0.25, 0.3) is 10.8 Å². The quantitative estimate of drug-likeness (QED) is 0.511. The molecule has 0 saturated carbocycles. The van der Waals surface area contributed by atoms with Crippen LogP contribution < -0.4 is 5.43 Å². The summed E-state index contributed by atoms with van der Waals surface area (Å²) in [5, 5.41) is 25.0. The summed E-state index contributed by atoms with van der Waals surface area (Å²) in [4.78, 5) is 12.4. The molecule has 0 heterocycles. The van der Waals surface area contributed by atoms with Crippen LogP contribution in [-0.4, -0.2) is 21.8 Å². The lowest BCUT2D eigenvalue weighted by Gasteiger charge is -2.07. The molecule has 0 aliphatic heterocycles. The van der Waals surface area contributed by atoms with Crippen molar-refractivity contribution in [3.63, 3.8) is 0 Å². The van der Waals surface area contributed by atoms with Gasteiger partial charge in [-0.05, 0) is 35.9 Å². The largest absolute Gasteiger partial charge is 0.508 e. The molecule has 24 heavy (non-hydrogen) atoms. The number of phenolic OH excluding ortho intramolecular Hbond substituents is 2. The van der Waals surface area contributed by atoms with Gasteiger partial charge < -0.3 is 10.2 Å². The number of benzene rings is 3. The van der Waals surface area contributed by atoms with Crippen LogP contribution in [0.5, 0.6) is 11.5 Å². The van der Waals surface area contributed by atoms with E-state index in [-0.39, 0.29) is 17.4 Å². The first-order chi connectivity index (χ1) is 11.6. The fraction of sp³-hybridized carbons (Fsp3) is 0.0526. The van der Waals surface area contributed by atoms with Crippen molar-refractivity contribution in [3.05, 3.63) is 71.8 Å². The minimum absolute atomic E-state index is 0.0381. The molecular weight excluding hydrogens is 304 g/mol. The predicted octanol–water partition coefficient (Wildman–Crippen LogP) is 3.41. The molecule has 5 nitrogen and oxygen atoms in total. The summed E-state index contributed by atoms with van der Waals surface area (Å²) in [6, 6.07) is 17.3. The van der Waals surface area contributed by atoms with Crippen molar-refractivity contribution in [2.45, 2.75) is 6.92 Å². The minimum Gasteiger partial charge on any atom is -0.508 e. The number of amides is 1. The van der Waals surface area contributed by atoms with Crippen molar-refractivity contribution in [3.8, 4) is 11.5 Å². The van der Waals surface area contributed by atoms with E-state index in [9.17, 15) is 15.0 Å². The van der Waals surface area contributed by atoms with E-state index in [2.05, 4.69) is 10.5 Å². The van der Waals surface area contributed by atoms with Gasteiger partial charge in [0.25, 0.3) is 5.91 Å². The maximum absolute atomic E-state index is 12.4. The highest BCUT2D eigenvalue weighted by atomic mass is 16.3. The standard InChI is InChI=1S/C19H16N2O3/c1-12(15-10-9-14(22)11-18(15)23)20-21-19(24)17-8-4-6-13-5-2-3-7-16(13)17/h2-11,22-23H,1H3,(H,21,24)/b20-12-. The third-order valence-electron chi connectivity index (χ3n) is 3.73. The van der Waals surface area contributed by atoms with Gasteiger partial charge in [-0.3, -0.25) is 4.79 Å². The van der Waals surface area contributed by atoms with E-state index >= 15 is 0 Å². The Labute approximate surface area is 138 Å². The van der Waals surface area contributed by atoms with Crippen LogP contribution >= 0.6 is 0 Å². The van der Waals surface area contributed by atoms with Gasteiger partial charge in [-0.15, -0.1) is 0 Å². The average Bonchev–Trinajstić information content (AvgIpc) is 2.59. The monoisotopic (exact) mass is 320 g/mol. The zero-order valence-electron chi connectivity index (χ0n) is 13.0. The second-order valence-electron chi connectivity index (χ2n) is 5.37. The number of hydrogen-bond acceptors (Lipinski definition) is 4. The van der Waals surface area contributed by atoms with E-state index in [0.717, 1.165) is 10.8 Å². The van der Waals surface area contributed by atoms with Crippen LogP contribution in [0, 0.1) is 0 Å². The van der Waals surface area contributed by atoms with Crippen LogP contribution in [0.15, 0.2) is 65.8 Å². The van der Waals surface area contributed by atoms with E-state index in [4.69, 9.17) is 0 Å². The number of fused-ring (bicyclic) bond motifs is 1. The van der Waals surface area contributed by atoms with Crippen molar-refractivity contribution in [1.29, 1.82) is 0 Å². The van der Waals surface area contributed by atoms with Crippen molar-refractivity contribution in [1.82, 2.24) is 5.43 Å². The Hall–Kier alpha value is -3.34. The fourth-order valence-corrected chi connectivity index (χ4v) is 2.50. The van der Waals surface area contributed by atoms with E-state index in [0.29, 0.717) is 16.8 Å². The third-order valence-corrected chi connectivity index (χ3v) is 3.73. The molecule has 1 amide bonds. The summed E-state index contributed by atoms with van der Waals surface area (Å²) in [5.41, 5.74) is 3.90. The van der Waals surface area contributed by atoms with Crippen molar-refractivity contribution >= 4 is 22.4 Å². The number of hydrogen-bond donors (Lipinski definition) is 3. The summed E-state index contributed by atoms with van der Waals surface area (Å²) < 4.78 is 0. The van der Waals surface area contributed by atoms with E-state index in [1.165, 1.54) is 18.2 Å². The van der Waals surface area contributed by atoms with Gasteiger partial charge in [0.05, 0.1) is 5.71 Å². The number of nitrogens with one attached hydrogen (secondary N) is 1. The van der Waals surface area contributed by atoms with Crippen LogP contribution in [0.2, 0.25) is 0 Å². The first-order valence-electron chi connectivity index (χ1n) is 7.41. The summed E-state index contributed by atoms with van der Waals surface area (Å²) in [6.45, 7) is 1.66. The minimum atomic E-state index is -0.329. The number of phenols is 2. The molecule has 120 valence electrons. The Kier molecular flexibility index (Phi) is 4.16. The first kappa shape index (κ1) is 15.6. The SMILES string of the molecule is C/C(=N/NC(=O)c1cccc2ccccc12)c1ccc(O)cc1O. The van der Waals surface area contributed by atoms with Crippen LogP contribution in [-0.2, 0) is 0 Å². The number of hydrazone groups is 1. The lowest BCUT2D eigenvalue weighted by atomic mass is 10.0. The number of carbonyl (C=O) groups is 1. The molecule has 3 aromatic carbocycles. The molecule has 3 rings (SSSR count). The number of nitrogens with zero attached hydrogens (tertiary/aromatic N) is 1. The molecule has 0 saturated heterocycles. The average molecular weight is 320 g/mol. The molecular formula is C19H16N2O3. The number of aromatic hydroxyl groups is 2. The topological polar surface area (TPSA) is 81.9 Å². The lowest BCUT2D eigenvalue weighted by molar-refractivity contribution is 0.0956. The number of carbonyl (C=O) groups excluding carboxylic acids is 1. The maximum atomic E-state index is 12.4. The Bertz CT molecular complexity index is 943. The molecule has 0 spiro atoms. The summed E-state index contributed by atoms with van der Waals surface area (Å²) in [7, 11) is 0. The zero-order chi connectivity index (χ0) is 17.1. The Balaban J connectivity index is 1.86. The van der Waals surface area contributed by atoms with Gasteiger partial charge >= 0.3 is 0 Å². The Morgan fingerprint density at radius 1 is 0.958 bits per heavy atom. The first-order valence-corrected chi connectivity index (χ1v) is 7.41. The summed E-state index contributed by atoms with van der Waals surface area (Å²) in [6.07, 6.45) is 0. The molecule has 0 unspecified atom stereocenters. The van der Waals surface area contributed by atoms with Crippen molar-refractivity contribution in [2.24, 2.45) is 5.10 Å². The molecule has 0 aliphatic rings. The number of rotatable bonds is 3. The van der Waals surface area contributed by atoms with Gasteiger partial charge in [-0.2, -0.15) is 5.10 Å². The van der Waals surface area contributed by atoms with E-state index in [1.54, 1.807) is 13.0 Å². The second kappa shape index (κ2) is 6.42. The van der Waals surface area contributed by atoms with Gasteiger partial charge in [-0.25, -0.2) is 5.43 Å². The van der Waals surface area contributed by atoms with E-state index < -0.39 is 0 Å². The van der Waals surface area contributed by atoms with Gasteiger partial charge in [0.15, 0.2) is 0 Å². The highest BCUT2D eigenvalue weighted by Gasteiger charge is 2.10. The van der Waals surface area contributed by atoms with Crippen molar-refractivity contribution in [2.75, 3.05) is 0 Å². The maximum Gasteiger partial charge on any atom is 0.272 e. The molecule has 3 aromatic rings. The molecule has 0 fully saturated rings. The predicted molar refractivity (Wildman–Crippen MR) is 93.4 cm³/mol. The molecule has 0 aromatic heterocycles. The molecule has 0 radical (unpaired) electrons. The Morgan fingerprint density at radius 2 is 1.71 bits per heavy atom. The molecule has 0 aliphatic carbocycles. The molecule has 0 bridgehead atoms. The molecule has 3 N–H and O–H groups in total. The van der Waals surface area contributed by atoms with Gasteiger partial charge in [0.2, 0.25) is 0 Å². The third kappa shape index (κ3) is 3.05. The van der Waals surface area contributed by atoms with E-state index in [1.807, 2.05) is 36.4 Å².